The molecule has 1 aliphatic heterocycles. The van der Waals surface area contributed by atoms with Crippen LogP contribution in [0.1, 0.15) is 12.8 Å². The number of carbonyl (C=O) groups excluding carboxylic acids is 1. The molecule has 1 atom stereocenters. The molecule has 1 saturated heterocycles. The van der Waals surface area contributed by atoms with Gasteiger partial charge in [-0.05, 0) is 12.1 Å². The maximum Gasteiger partial charge on any atom is 0.305 e. The van der Waals surface area contributed by atoms with Crippen LogP contribution in [0, 0.1) is 0 Å². The summed E-state index contributed by atoms with van der Waals surface area (Å²) in [6.45, 7) is 0. The molecule has 1 fully saturated rings. The van der Waals surface area contributed by atoms with E-state index in [1.54, 1.807) is 12.1 Å². The Hall–Kier alpha value is -1.88. The zero-order valence-electron chi connectivity index (χ0n) is 8.59. The first-order valence-corrected chi connectivity index (χ1v) is 5.03. The lowest BCUT2D eigenvalue weighted by Crippen LogP contribution is -2.38. The number of carboxylic acid groups (broad SMARTS) is 1. The standard InChI is InChI=1S/C11H12N2O3/c14-10-6-8(7-11(15)16)12-13(10)9-4-2-1-3-5-9/h1-5,8,12H,6-7H2,(H,15,16). The Morgan fingerprint density at radius 1 is 1.44 bits per heavy atom. The summed E-state index contributed by atoms with van der Waals surface area (Å²) < 4.78 is 0. The van der Waals surface area contributed by atoms with Crippen LogP contribution in [0.15, 0.2) is 30.3 Å². The molecule has 0 spiro atoms. The van der Waals surface area contributed by atoms with Gasteiger partial charge in [0, 0.05) is 12.5 Å². The molecule has 0 saturated carbocycles. The van der Waals surface area contributed by atoms with Crippen LogP contribution in [0.5, 0.6) is 0 Å². The highest BCUT2D eigenvalue weighted by molar-refractivity contribution is 5.95. The van der Waals surface area contributed by atoms with Crippen LogP contribution in [0.2, 0.25) is 0 Å². The lowest BCUT2D eigenvalue weighted by Gasteiger charge is -2.17. The van der Waals surface area contributed by atoms with E-state index in [9.17, 15) is 9.59 Å². The normalized spacial score (nSPS) is 20.1. The van der Waals surface area contributed by atoms with Crippen molar-refractivity contribution in [1.29, 1.82) is 0 Å². The highest BCUT2D eigenvalue weighted by Gasteiger charge is 2.31. The number of hydrogen-bond donors (Lipinski definition) is 2. The number of nitrogens with one attached hydrogen (secondary N) is 1. The first-order valence-electron chi connectivity index (χ1n) is 5.03. The van der Waals surface area contributed by atoms with Crippen LogP contribution in [0.4, 0.5) is 5.69 Å². The summed E-state index contributed by atoms with van der Waals surface area (Å²) in [4.78, 5) is 22.2. The molecule has 0 aliphatic carbocycles. The van der Waals surface area contributed by atoms with Gasteiger partial charge in [-0.25, -0.2) is 10.4 Å². The van der Waals surface area contributed by atoms with Gasteiger partial charge in [0.05, 0.1) is 12.1 Å². The van der Waals surface area contributed by atoms with Crippen molar-refractivity contribution in [2.75, 3.05) is 5.01 Å². The number of hydrogen-bond acceptors (Lipinski definition) is 3. The molecule has 1 heterocycles. The fourth-order valence-electron chi connectivity index (χ4n) is 1.73. The Kier molecular flexibility index (Phi) is 2.87. The summed E-state index contributed by atoms with van der Waals surface area (Å²) in [7, 11) is 0. The predicted molar refractivity (Wildman–Crippen MR) is 57.7 cm³/mol. The Morgan fingerprint density at radius 2 is 2.12 bits per heavy atom. The van der Waals surface area contributed by atoms with Gasteiger partial charge >= 0.3 is 5.97 Å². The quantitative estimate of drug-likeness (QED) is 0.789. The van der Waals surface area contributed by atoms with Crippen LogP contribution in [0.25, 0.3) is 0 Å². The van der Waals surface area contributed by atoms with E-state index >= 15 is 0 Å². The van der Waals surface area contributed by atoms with Crippen LogP contribution in [0.3, 0.4) is 0 Å². The molecule has 1 aromatic rings. The van der Waals surface area contributed by atoms with Gasteiger partial charge in [-0.15, -0.1) is 0 Å². The zero-order valence-corrected chi connectivity index (χ0v) is 8.59. The number of anilines is 1. The third kappa shape index (κ3) is 2.20. The number of para-hydroxylation sites is 1. The van der Waals surface area contributed by atoms with Gasteiger partial charge in [-0.1, -0.05) is 18.2 Å². The molecule has 1 amide bonds. The Bertz CT molecular complexity index is 405. The minimum Gasteiger partial charge on any atom is -0.481 e. The SMILES string of the molecule is O=C(O)CC1CC(=O)N(c2ccccc2)N1. The van der Waals surface area contributed by atoms with E-state index in [1.165, 1.54) is 5.01 Å². The number of amides is 1. The molecular weight excluding hydrogens is 208 g/mol. The second kappa shape index (κ2) is 4.32. The average molecular weight is 220 g/mol. The minimum absolute atomic E-state index is 0.0466. The first kappa shape index (κ1) is 10.6. The molecule has 84 valence electrons. The average Bonchev–Trinajstić information content (AvgIpc) is 2.60. The summed E-state index contributed by atoms with van der Waals surface area (Å²) in [5, 5.41) is 10.1. The fraction of sp³-hybridized carbons (Fsp3) is 0.273. The largest absolute Gasteiger partial charge is 0.481 e. The molecule has 1 aliphatic rings. The summed E-state index contributed by atoms with van der Waals surface area (Å²) in [5.41, 5.74) is 3.63. The van der Waals surface area contributed by atoms with Crippen molar-refractivity contribution < 1.29 is 14.7 Å². The summed E-state index contributed by atoms with van der Waals surface area (Å²) in [5.74, 6) is -1.00. The van der Waals surface area contributed by atoms with Crippen molar-refractivity contribution in [3.63, 3.8) is 0 Å². The number of carboxylic acids is 1. The molecule has 2 rings (SSSR count). The van der Waals surface area contributed by atoms with Crippen molar-refractivity contribution in [1.82, 2.24) is 5.43 Å². The molecule has 0 radical (unpaired) electrons. The summed E-state index contributed by atoms with van der Waals surface area (Å²) in [6, 6.07) is 8.80. The van der Waals surface area contributed by atoms with E-state index in [0.717, 1.165) is 5.69 Å². The molecule has 1 aromatic carbocycles. The van der Waals surface area contributed by atoms with Gasteiger partial charge in [-0.2, -0.15) is 0 Å². The number of carbonyl (C=O) groups is 2. The maximum absolute atomic E-state index is 11.6. The Labute approximate surface area is 92.6 Å². The highest BCUT2D eigenvalue weighted by atomic mass is 16.4. The van der Waals surface area contributed by atoms with Gasteiger partial charge in [0.25, 0.3) is 0 Å². The van der Waals surface area contributed by atoms with E-state index in [-0.39, 0.29) is 24.8 Å². The smallest absolute Gasteiger partial charge is 0.305 e. The number of rotatable bonds is 3. The molecule has 0 aromatic heterocycles. The van der Waals surface area contributed by atoms with E-state index in [4.69, 9.17) is 5.11 Å². The van der Waals surface area contributed by atoms with Crippen molar-refractivity contribution in [3.05, 3.63) is 30.3 Å². The maximum atomic E-state index is 11.6. The molecule has 5 nitrogen and oxygen atoms in total. The summed E-state index contributed by atoms with van der Waals surface area (Å²) in [6.07, 6.45) is 0.177. The molecular formula is C11H12N2O3. The molecule has 16 heavy (non-hydrogen) atoms. The lowest BCUT2D eigenvalue weighted by atomic mass is 10.2. The van der Waals surface area contributed by atoms with E-state index < -0.39 is 5.97 Å². The second-order valence-electron chi connectivity index (χ2n) is 3.69. The van der Waals surface area contributed by atoms with Crippen LogP contribution >= 0.6 is 0 Å². The van der Waals surface area contributed by atoms with Crippen molar-refractivity contribution in [2.45, 2.75) is 18.9 Å². The topological polar surface area (TPSA) is 69.6 Å². The second-order valence-corrected chi connectivity index (χ2v) is 3.69. The number of hydrazine groups is 1. The molecule has 0 bridgehead atoms. The van der Waals surface area contributed by atoms with Crippen molar-refractivity contribution in [3.8, 4) is 0 Å². The van der Waals surface area contributed by atoms with Gasteiger partial charge < -0.3 is 5.11 Å². The monoisotopic (exact) mass is 220 g/mol. The van der Waals surface area contributed by atoms with Gasteiger partial charge in [-0.3, -0.25) is 9.59 Å². The van der Waals surface area contributed by atoms with Gasteiger partial charge in [0.1, 0.15) is 0 Å². The number of nitrogens with zero attached hydrogens (tertiary/aromatic N) is 1. The van der Waals surface area contributed by atoms with Crippen molar-refractivity contribution in [2.24, 2.45) is 0 Å². The Morgan fingerprint density at radius 3 is 2.75 bits per heavy atom. The number of benzene rings is 1. The highest BCUT2D eigenvalue weighted by Crippen LogP contribution is 2.19. The fourth-order valence-corrected chi connectivity index (χ4v) is 1.73. The molecule has 5 heteroatoms. The Balaban J connectivity index is 2.08. The van der Waals surface area contributed by atoms with E-state index in [0.29, 0.717) is 0 Å². The van der Waals surface area contributed by atoms with E-state index in [2.05, 4.69) is 5.43 Å². The predicted octanol–water partition coefficient (Wildman–Crippen LogP) is 0.771. The van der Waals surface area contributed by atoms with Gasteiger partial charge in [0.2, 0.25) is 5.91 Å². The van der Waals surface area contributed by atoms with E-state index in [1.807, 2.05) is 18.2 Å². The van der Waals surface area contributed by atoms with Crippen molar-refractivity contribution >= 4 is 17.6 Å². The number of aliphatic carboxylic acids is 1. The van der Waals surface area contributed by atoms with Crippen LogP contribution in [-0.4, -0.2) is 23.0 Å². The zero-order chi connectivity index (χ0) is 11.5. The van der Waals surface area contributed by atoms with Crippen LogP contribution < -0.4 is 10.4 Å². The molecule has 1 unspecified atom stereocenters. The lowest BCUT2D eigenvalue weighted by molar-refractivity contribution is -0.137. The third-order valence-corrected chi connectivity index (χ3v) is 2.42. The minimum atomic E-state index is -0.903. The van der Waals surface area contributed by atoms with Crippen LogP contribution in [-0.2, 0) is 9.59 Å². The molecule has 2 N–H and O–H groups in total. The third-order valence-electron chi connectivity index (χ3n) is 2.42. The first-order chi connectivity index (χ1) is 7.66. The van der Waals surface area contributed by atoms with Gasteiger partial charge in [0.15, 0.2) is 0 Å². The summed E-state index contributed by atoms with van der Waals surface area (Å²) >= 11 is 0.